The number of ether oxygens (including phenoxy) is 2. The third-order valence-corrected chi connectivity index (χ3v) is 16.3. The number of hydrogen-bond acceptors (Lipinski definition) is 5. The van der Waals surface area contributed by atoms with Crippen LogP contribution in [0.3, 0.4) is 0 Å². The summed E-state index contributed by atoms with van der Waals surface area (Å²) in [5.41, 5.74) is 0. The summed E-state index contributed by atoms with van der Waals surface area (Å²) in [5.74, 6) is -0.622. The Kier molecular flexibility index (Phi) is 71.8. The van der Waals surface area contributed by atoms with Gasteiger partial charge in [0.25, 0.3) is 0 Å². The number of esters is 2. The van der Waals surface area contributed by atoms with Gasteiger partial charge in [-0.2, -0.15) is 0 Å². The standard InChI is InChI=1S/C80H140O5/c1-3-5-7-9-11-13-15-17-19-21-23-25-27-29-31-33-35-36-37-38-39-40-41-42-43-45-46-48-50-52-54-56-58-60-62-64-66-68-70-72-74-79(82)84-77-78(76-81)85-80(83)75-73-71-69-67-65-63-61-59-57-55-53-51-49-47-44-34-32-30-28-26-24-22-20-18-16-14-12-10-8-6-4-2/h6,8,12,14,18,20,24,26,30,32,44,47,51,53,57,59,63,65,78,81H,3-5,7,9-11,13,15-17,19,21-23,25,27-29,31,33-43,45-46,48-50,52,54-56,58,60-62,64,66-77H2,1-2H3/b8-6-,14-12-,20-18-,26-24-,32-30-,47-44-,53-51-,59-57-,65-63-. The lowest BCUT2D eigenvalue weighted by molar-refractivity contribution is -0.161. The van der Waals surface area contributed by atoms with E-state index in [1.807, 2.05) is 0 Å². The lowest BCUT2D eigenvalue weighted by Gasteiger charge is -2.15. The van der Waals surface area contributed by atoms with E-state index in [2.05, 4.69) is 123 Å². The Morgan fingerprint density at radius 1 is 0.282 bits per heavy atom. The van der Waals surface area contributed by atoms with Crippen LogP contribution < -0.4 is 0 Å². The van der Waals surface area contributed by atoms with Crippen molar-refractivity contribution in [2.45, 2.75) is 373 Å². The molecule has 1 atom stereocenters. The summed E-state index contributed by atoms with van der Waals surface area (Å²) < 4.78 is 10.7. The van der Waals surface area contributed by atoms with Crippen molar-refractivity contribution in [2.24, 2.45) is 0 Å². The molecular weight excluding hydrogens is 1040 g/mol. The molecule has 0 aliphatic heterocycles. The smallest absolute Gasteiger partial charge is 0.306 e. The highest BCUT2D eigenvalue weighted by molar-refractivity contribution is 5.70. The van der Waals surface area contributed by atoms with Gasteiger partial charge in [0, 0.05) is 12.8 Å². The molecule has 0 heterocycles. The zero-order valence-electron chi connectivity index (χ0n) is 56.4. The van der Waals surface area contributed by atoms with Crippen LogP contribution in [0.4, 0.5) is 0 Å². The second-order valence-corrected chi connectivity index (χ2v) is 24.7. The van der Waals surface area contributed by atoms with E-state index < -0.39 is 6.10 Å². The van der Waals surface area contributed by atoms with E-state index in [1.54, 1.807) is 0 Å². The van der Waals surface area contributed by atoms with Crippen LogP contribution in [0, 0.1) is 0 Å². The van der Waals surface area contributed by atoms with E-state index in [1.165, 1.54) is 238 Å². The molecule has 0 saturated carbocycles. The minimum atomic E-state index is -0.798. The maximum atomic E-state index is 12.4. The van der Waals surface area contributed by atoms with E-state index in [0.717, 1.165) is 103 Å². The molecule has 0 aliphatic rings. The van der Waals surface area contributed by atoms with Crippen LogP contribution in [-0.4, -0.2) is 36.4 Å². The van der Waals surface area contributed by atoms with Crippen LogP contribution in [0.2, 0.25) is 0 Å². The molecule has 1 N–H and O–H groups in total. The third-order valence-electron chi connectivity index (χ3n) is 16.3. The monoisotopic (exact) mass is 1180 g/mol. The molecule has 0 rings (SSSR count). The first-order chi connectivity index (χ1) is 42.1. The molecule has 0 radical (unpaired) electrons. The highest BCUT2D eigenvalue weighted by atomic mass is 16.6. The van der Waals surface area contributed by atoms with Gasteiger partial charge in [0.15, 0.2) is 6.10 Å². The van der Waals surface area contributed by atoms with Gasteiger partial charge in [0.2, 0.25) is 0 Å². The van der Waals surface area contributed by atoms with Crippen LogP contribution in [-0.2, 0) is 19.1 Å². The van der Waals surface area contributed by atoms with Crippen molar-refractivity contribution in [2.75, 3.05) is 13.2 Å². The summed E-state index contributed by atoms with van der Waals surface area (Å²) in [4.78, 5) is 24.6. The van der Waals surface area contributed by atoms with Crippen LogP contribution in [0.15, 0.2) is 109 Å². The number of unbranched alkanes of at least 4 members (excludes halogenated alkanes) is 42. The Morgan fingerprint density at radius 2 is 0.506 bits per heavy atom. The fourth-order valence-corrected chi connectivity index (χ4v) is 10.8. The average Bonchev–Trinajstić information content (AvgIpc) is 3.51. The van der Waals surface area contributed by atoms with Crippen molar-refractivity contribution in [3.63, 3.8) is 0 Å². The topological polar surface area (TPSA) is 72.8 Å². The van der Waals surface area contributed by atoms with E-state index in [0.29, 0.717) is 12.8 Å². The number of carbonyl (C=O) groups excluding carboxylic acids is 2. The van der Waals surface area contributed by atoms with Crippen molar-refractivity contribution in [1.29, 1.82) is 0 Å². The minimum absolute atomic E-state index is 0.0827. The van der Waals surface area contributed by atoms with Gasteiger partial charge in [-0.25, -0.2) is 0 Å². The Morgan fingerprint density at radius 3 is 0.765 bits per heavy atom. The van der Waals surface area contributed by atoms with E-state index in [-0.39, 0.29) is 25.2 Å². The van der Waals surface area contributed by atoms with Gasteiger partial charge in [0.1, 0.15) is 6.61 Å². The summed E-state index contributed by atoms with van der Waals surface area (Å²) >= 11 is 0. The molecule has 490 valence electrons. The number of aliphatic hydroxyl groups excluding tert-OH is 1. The molecule has 0 aromatic rings. The molecule has 1 unspecified atom stereocenters. The Balaban J connectivity index is 3.47. The normalized spacial score (nSPS) is 12.8. The highest BCUT2D eigenvalue weighted by Gasteiger charge is 2.16. The van der Waals surface area contributed by atoms with Crippen molar-refractivity contribution in [3.8, 4) is 0 Å². The minimum Gasteiger partial charge on any atom is -0.462 e. The third kappa shape index (κ3) is 72.9. The number of allylic oxidation sites excluding steroid dienone is 18. The Hall–Kier alpha value is -3.44. The van der Waals surface area contributed by atoms with Gasteiger partial charge in [-0.05, 0) is 83.5 Å². The molecule has 0 spiro atoms. The Bertz CT molecular complexity index is 1620. The first kappa shape index (κ1) is 81.6. The van der Waals surface area contributed by atoms with Crippen molar-refractivity contribution in [1.82, 2.24) is 0 Å². The lowest BCUT2D eigenvalue weighted by Crippen LogP contribution is -2.28. The summed E-state index contributed by atoms with van der Waals surface area (Å²) in [6.45, 7) is 4.04. The number of rotatable bonds is 68. The molecule has 0 aliphatic carbocycles. The van der Waals surface area contributed by atoms with Gasteiger partial charge >= 0.3 is 11.9 Å². The molecule has 0 amide bonds. The number of hydrogen-bond donors (Lipinski definition) is 1. The quantitative estimate of drug-likeness (QED) is 0.0373. The van der Waals surface area contributed by atoms with Crippen LogP contribution in [0.25, 0.3) is 0 Å². The summed E-state index contributed by atoms with van der Waals surface area (Å²) in [7, 11) is 0. The van der Waals surface area contributed by atoms with Crippen molar-refractivity contribution >= 4 is 11.9 Å². The first-order valence-corrected chi connectivity index (χ1v) is 36.9. The van der Waals surface area contributed by atoms with E-state index in [4.69, 9.17) is 9.47 Å². The van der Waals surface area contributed by atoms with Gasteiger partial charge < -0.3 is 14.6 Å². The van der Waals surface area contributed by atoms with Gasteiger partial charge in [0.05, 0.1) is 6.61 Å². The zero-order valence-corrected chi connectivity index (χ0v) is 56.4. The van der Waals surface area contributed by atoms with Crippen molar-refractivity contribution < 1.29 is 24.2 Å². The Labute approximate surface area is 529 Å². The molecule has 5 heteroatoms. The van der Waals surface area contributed by atoms with Crippen LogP contribution in [0.1, 0.15) is 367 Å². The van der Waals surface area contributed by atoms with Gasteiger partial charge in [-0.3, -0.25) is 9.59 Å². The second kappa shape index (κ2) is 74.8. The maximum absolute atomic E-state index is 12.4. The molecule has 0 bridgehead atoms. The summed E-state index contributed by atoms with van der Waals surface area (Å²) in [5, 5.41) is 9.70. The molecule has 0 aromatic heterocycles. The molecule has 0 aromatic carbocycles. The van der Waals surface area contributed by atoms with Gasteiger partial charge in [-0.15, -0.1) is 0 Å². The number of aliphatic hydroxyl groups is 1. The highest BCUT2D eigenvalue weighted by Crippen LogP contribution is 2.19. The lowest BCUT2D eigenvalue weighted by atomic mass is 10.0. The predicted octanol–water partition coefficient (Wildman–Crippen LogP) is 25.9. The predicted molar refractivity (Wildman–Crippen MR) is 375 cm³/mol. The van der Waals surface area contributed by atoms with E-state index in [9.17, 15) is 14.7 Å². The van der Waals surface area contributed by atoms with Crippen LogP contribution >= 0.6 is 0 Å². The zero-order chi connectivity index (χ0) is 61.2. The molecule has 0 saturated heterocycles. The molecule has 5 nitrogen and oxygen atoms in total. The fourth-order valence-electron chi connectivity index (χ4n) is 10.8. The second-order valence-electron chi connectivity index (χ2n) is 24.7. The first-order valence-electron chi connectivity index (χ1n) is 36.9. The van der Waals surface area contributed by atoms with E-state index >= 15 is 0 Å². The van der Waals surface area contributed by atoms with Crippen molar-refractivity contribution in [3.05, 3.63) is 109 Å². The van der Waals surface area contributed by atoms with Gasteiger partial charge in [-0.1, -0.05) is 380 Å². The summed E-state index contributed by atoms with van der Waals surface area (Å²) in [6, 6.07) is 0. The molecule has 85 heavy (non-hydrogen) atoms. The number of carbonyl (C=O) groups is 2. The van der Waals surface area contributed by atoms with Crippen LogP contribution in [0.5, 0.6) is 0 Å². The maximum Gasteiger partial charge on any atom is 0.306 e. The largest absolute Gasteiger partial charge is 0.462 e. The molecular formula is C80H140O5. The fraction of sp³-hybridized carbons (Fsp3) is 0.750. The average molecular weight is 1180 g/mol. The summed E-state index contributed by atoms with van der Waals surface area (Å²) in [6.07, 6.45) is 109. The molecule has 0 fully saturated rings. The SMILES string of the molecule is CC/C=C\C/C=C\C/C=C\C/C=C\C/C=C\C/C=C\C/C=C\C/C=C\C/C=C\CCCCCC(=O)OC(CO)COC(=O)CCCCCCCCCCCCCCCCCCCCCCCCCCCCCCCCCCCCCCCCCC.